The van der Waals surface area contributed by atoms with Crippen LogP contribution in [0.15, 0.2) is 63.3 Å². The third-order valence-electron chi connectivity index (χ3n) is 5.11. The van der Waals surface area contributed by atoms with E-state index in [9.17, 15) is 23.1 Å². The molecule has 160 valence electrons. The van der Waals surface area contributed by atoms with E-state index in [0.29, 0.717) is 23.9 Å². The van der Waals surface area contributed by atoms with Crippen LogP contribution < -0.4 is 11.0 Å². The van der Waals surface area contributed by atoms with E-state index < -0.39 is 21.5 Å². The van der Waals surface area contributed by atoms with E-state index in [0.717, 1.165) is 12.8 Å². The first-order valence-electron chi connectivity index (χ1n) is 9.65. The second kappa shape index (κ2) is 8.32. The van der Waals surface area contributed by atoms with E-state index in [1.165, 1.54) is 34.8 Å². The van der Waals surface area contributed by atoms with Gasteiger partial charge in [-0.05, 0) is 37.1 Å². The van der Waals surface area contributed by atoms with Crippen LogP contribution in [0.5, 0.6) is 5.88 Å². The first-order valence-corrected chi connectivity index (χ1v) is 11.1. The van der Waals surface area contributed by atoms with Crippen LogP contribution in [0, 0.1) is 0 Å². The number of sulfonamides is 1. The van der Waals surface area contributed by atoms with Crippen molar-refractivity contribution in [2.24, 2.45) is 5.10 Å². The highest BCUT2D eigenvalue weighted by molar-refractivity contribution is 7.89. The second-order valence-corrected chi connectivity index (χ2v) is 9.04. The number of benzene rings is 2. The summed E-state index contributed by atoms with van der Waals surface area (Å²) >= 11 is 0. The fraction of sp³-hybridized carbons (Fsp3) is 0.190. The summed E-state index contributed by atoms with van der Waals surface area (Å²) in [6.45, 7) is 0.944. The molecule has 0 atom stereocenters. The van der Waals surface area contributed by atoms with Crippen LogP contribution in [-0.4, -0.2) is 48.0 Å². The molecule has 1 aliphatic heterocycles. The van der Waals surface area contributed by atoms with Crippen molar-refractivity contribution in [1.82, 2.24) is 14.7 Å². The number of hydrazone groups is 1. The Balaban J connectivity index is 1.56. The van der Waals surface area contributed by atoms with Gasteiger partial charge in [0.15, 0.2) is 0 Å². The number of hydrogen-bond donors (Lipinski definition) is 3. The van der Waals surface area contributed by atoms with E-state index in [4.69, 9.17) is 0 Å². The predicted molar refractivity (Wildman–Crippen MR) is 116 cm³/mol. The lowest BCUT2D eigenvalue weighted by molar-refractivity contribution is 0.0955. The van der Waals surface area contributed by atoms with Gasteiger partial charge in [0.05, 0.1) is 16.7 Å². The number of nitrogens with zero attached hydrogens (tertiary/aromatic N) is 2. The number of aromatic nitrogens is 1. The summed E-state index contributed by atoms with van der Waals surface area (Å²) in [7, 11) is -3.64. The summed E-state index contributed by atoms with van der Waals surface area (Å²) in [4.78, 5) is 26.8. The number of pyridine rings is 1. The Morgan fingerprint density at radius 2 is 1.81 bits per heavy atom. The van der Waals surface area contributed by atoms with E-state index in [2.05, 4.69) is 15.5 Å². The van der Waals surface area contributed by atoms with E-state index >= 15 is 0 Å². The van der Waals surface area contributed by atoms with Crippen LogP contribution in [0.4, 0.5) is 0 Å². The Bertz CT molecular complexity index is 1340. The molecule has 3 N–H and O–H groups in total. The molecule has 1 fully saturated rings. The van der Waals surface area contributed by atoms with Gasteiger partial charge < -0.3 is 5.11 Å². The number of carbonyl (C=O) groups is 1. The molecule has 0 spiro atoms. The van der Waals surface area contributed by atoms with Crippen LogP contribution in [0.25, 0.3) is 10.8 Å². The molecule has 0 bridgehead atoms. The van der Waals surface area contributed by atoms with Crippen LogP contribution in [0.3, 0.4) is 0 Å². The third kappa shape index (κ3) is 4.07. The van der Waals surface area contributed by atoms with Crippen LogP contribution in [0.1, 0.15) is 28.8 Å². The largest absolute Gasteiger partial charge is 0.494 e. The number of rotatable bonds is 5. The maximum Gasteiger partial charge on any atom is 0.271 e. The minimum atomic E-state index is -3.64. The van der Waals surface area contributed by atoms with Crippen molar-refractivity contribution in [3.05, 3.63) is 70.0 Å². The molecule has 0 aliphatic carbocycles. The zero-order valence-electron chi connectivity index (χ0n) is 16.4. The maximum absolute atomic E-state index is 12.7. The maximum atomic E-state index is 12.7. The number of nitrogens with one attached hydrogen (secondary N) is 2. The van der Waals surface area contributed by atoms with Crippen molar-refractivity contribution in [3.63, 3.8) is 0 Å². The van der Waals surface area contributed by atoms with Gasteiger partial charge in [-0.1, -0.05) is 24.3 Å². The van der Waals surface area contributed by atoms with Crippen molar-refractivity contribution in [3.8, 4) is 5.88 Å². The smallest absolute Gasteiger partial charge is 0.271 e. The van der Waals surface area contributed by atoms with Gasteiger partial charge in [0.2, 0.25) is 15.9 Å². The predicted octanol–water partition coefficient (Wildman–Crippen LogP) is 1.78. The number of amides is 1. The van der Waals surface area contributed by atoms with Gasteiger partial charge in [-0.25, -0.2) is 13.8 Å². The monoisotopic (exact) mass is 440 g/mol. The molecular formula is C21H20N4O5S. The fourth-order valence-corrected chi connectivity index (χ4v) is 5.08. The first kappa shape index (κ1) is 20.8. The lowest BCUT2D eigenvalue weighted by Gasteiger charge is -2.15. The van der Waals surface area contributed by atoms with Gasteiger partial charge >= 0.3 is 0 Å². The SMILES string of the molecule is O=C(N/N=C/c1c(O)[nH]c(=O)c2ccccc12)c1cccc(S(=O)(=O)N2CCCC2)c1. The molecule has 1 saturated heterocycles. The van der Waals surface area contributed by atoms with Crippen LogP contribution in [-0.2, 0) is 10.0 Å². The molecule has 4 rings (SSSR count). The first-order chi connectivity index (χ1) is 14.9. The number of hydrogen-bond acceptors (Lipinski definition) is 6. The molecule has 3 aromatic rings. The second-order valence-electron chi connectivity index (χ2n) is 7.10. The van der Waals surface area contributed by atoms with Crippen molar-refractivity contribution in [2.45, 2.75) is 17.7 Å². The van der Waals surface area contributed by atoms with Crippen LogP contribution >= 0.6 is 0 Å². The lowest BCUT2D eigenvalue weighted by Crippen LogP contribution is -2.28. The Morgan fingerprint density at radius 1 is 1.10 bits per heavy atom. The molecule has 2 heterocycles. The molecule has 10 heteroatoms. The van der Waals surface area contributed by atoms with Gasteiger partial charge in [-0.3, -0.25) is 14.6 Å². The number of aromatic amines is 1. The Labute approximate surface area is 178 Å². The van der Waals surface area contributed by atoms with E-state index in [1.807, 2.05) is 0 Å². The number of aromatic hydroxyl groups is 1. The summed E-state index contributed by atoms with van der Waals surface area (Å²) in [5.74, 6) is -0.983. The molecule has 1 aromatic heterocycles. The van der Waals surface area contributed by atoms with Crippen molar-refractivity contribution in [2.75, 3.05) is 13.1 Å². The molecule has 31 heavy (non-hydrogen) atoms. The summed E-state index contributed by atoms with van der Waals surface area (Å²) in [6, 6.07) is 12.4. The summed E-state index contributed by atoms with van der Waals surface area (Å²) in [5, 5.41) is 14.8. The Morgan fingerprint density at radius 3 is 2.55 bits per heavy atom. The molecule has 9 nitrogen and oxygen atoms in total. The minimum Gasteiger partial charge on any atom is -0.494 e. The van der Waals surface area contributed by atoms with E-state index in [1.54, 1.807) is 24.3 Å². The highest BCUT2D eigenvalue weighted by atomic mass is 32.2. The van der Waals surface area contributed by atoms with Crippen molar-refractivity contribution >= 4 is 32.9 Å². The van der Waals surface area contributed by atoms with Gasteiger partial charge in [-0.15, -0.1) is 0 Å². The minimum absolute atomic E-state index is 0.0512. The fourth-order valence-electron chi connectivity index (χ4n) is 3.51. The number of H-pyrrole nitrogens is 1. The average molecular weight is 440 g/mol. The average Bonchev–Trinajstić information content (AvgIpc) is 3.32. The number of carbonyl (C=O) groups excluding carboxylic acids is 1. The normalized spacial score (nSPS) is 15.0. The Kier molecular flexibility index (Phi) is 5.57. The van der Waals surface area contributed by atoms with E-state index in [-0.39, 0.29) is 21.9 Å². The number of fused-ring (bicyclic) bond motifs is 1. The zero-order valence-corrected chi connectivity index (χ0v) is 17.2. The third-order valence-corrected chi connectivity index (χ3v) is 7.00. The van der Waals surface area contributed by atoms with Gasteiger partial charge in [0.1, 0.15) is 0 Å². The summed E-state index contributed by atoms with van der Waals surface area (Å²) in [5.41, 5.74) is 2.25. The molecule has 0 radical (unpaired) electrons. The molecule has 1 amide bonds. The molecular weight excluding hydrogens is 420 g/mol. The zero-order chi connectivity index (χ0) is 22.0. The van der Waals surface area contributed by atoms with Crippen molar-refractivity contribution in [1.29, 1.82) is 0 Å². The lowest BCUT2D eigenvalue weighted by atomic mass is 10.1. The molecule has 2 aromatic carbocycles. The molecule has 1 aliphatic rings. The van der Waals surface area contributed by atoms with Crippen molar-refractivity contribution < 1.29 is 18.3 Å². The molecule has 0 unspecified atom stereocenters. The highest BCUT2D eigenvalue weighted by Gasteiger charge is 2.27. The highest BCUT2D eigenvalue weighted by Crippen LogP contribution is 2.22. The van der Waals surface area contributed by atoms with Gasteiger partial charge in [0.25, 0.3) is 11.5 Å². The standard InChI is InChI=1S/C21H20N4O5S/c26-19(14-6-5-7-15(12-14)31(29,30)25-10-3-4-11-25)24-22-13-18-16-8-1-2-9-17(16)20(27)23-21(18)28/h1-2,5-9,12-13H,3-4,10-11H2,(H,24,26)(H2,23,27,28)/b22-13+. The Hall–Kier alpha value is -3.50. The summed E-state index contributed by atoms with van der Waals surface area (Å²) < 4.78 is 26.8. The molecule has 0 saturated carbocycles. The quantitative estimate of drug-likeness (QED) is 0.411. The van der Waals surface area contributed by atoms with Crippen LogP contribution in [0.2, 0.25) is 0 Å². The topological polar surface area (TPSA) is 132 Å². The van der Waals surface area contributed by atoms with Gasteiger partial charge in [-0.2, -0.15) is 9.41 Å². The van der Waals surface area contributed by atoms with Gasteiger partial charge in [0, 0.05) is 29.4 Å². The summed E-state index contributed by atoms with van der Waals surface area (Å²) in [6.07, 6.45) is 2.86.